The molecule has 26 heavy (non-hydrogen) atoms. The average molecular weight is 364 g/mol. The molecule has 0 bridgehead atoms. The van der Waals surface area contributed by atoms with Gasteiger partial charge in [-0.3, -0.25) is 14.8 Å². The predicted octanol–water partition coefficient (Wildman–Crippen LogP) is 4.17. The van der Waals surface area contributed by atoms with E-state index in [0.29, 0.717) is 12.8 Å². The number of esters is 1. The third kappa shape index (κ3) is 2.58. The van der Waals surface area contributed by atoms with Gasteiger partial charge in [0.25, 0.3) is 0 Å². The number of carbonyl (C=O) groups excluding carboxylic acids is 2. The number of ketones is 1. The van der Waals surface area contributed by atoms with Crippen LogP contribution in [-0.4, -0.2) is 29.7 Å². The Morgan fingerprint density at radius 3 is 2.54 bits per heavy atom. The molecule has 2 fully saturated rings. The summed E-state index contributed by atoms with van der Waals surface area (Å²) in [5.41, 5.74) is -0.708. The summed E-state index contributed by atoms with van der Waals surface area (Å²) < 4.78 is 5.12. The number of hydrogen-bond donors (Lipinski definition) is 1. The van der Waals surface area contributed by atoms with Gasteiger partial charge in [0.15, 0.2) is 5.78 Å². The Morgan fingerprint density at radius 1 is 1.27 bits per heavy atom. The van der Waals surface area contributed by atoms with Gasteiger partial charge in [0.1, 0.15) is 5.60 Å². The van der Waals surface area contributed by atoms with Crippen LogP contribution in [0.3, 0.4) is 0 Å². The van der Waals surface area contributed by atoms with Gasteiger partial charge < -0.3 is 4.74 Å². The minimum absolute atomic E-state index is 0.00700. The van der Waals surface area contributed by atoms with E-state index in [1.165, 1.54) is 7.11 Å². The first-order valence-corrected chi connectivity index (χ1v) is 9.81. The van der Waals surface area contributed by atoms with Crippen LogP contribution >= 0.6 is 0 Å². The molecule has 146 valence electrons. The van der Waals surface area contributed by atoms with Gasteiger partial charge >= 0.3 is 5.97 Å². The highest BCUT2D eigenvalue weighted by Crippen LogP contribution is 2.63. The molecule has 0 aliphatic heterocycles. The maximum absolute atomic E-state index is 13.1. The van der Waals surface area contributed by atoms with Crippen molar-refractivity contribution >= 4 is 11.8 Å². The maximum Gasteiger partial charge on any atom is 0.311 e. The van der Waals surface area contributed by atoms with Gasteiger partial charge in [-0.25, -0.2) is 4.89 Å². The summed E-state index contributed by atoms with van der Waals surface area (Å²) in [7, 11) is 1.44. The number of Topliss-reactive ketones (excluding diaryl/α,β-unsaturated/α-hetero) is 1. The third-order valence-electron chi connectivity index (χ3n) is 7.88. The van der Waals surface area contributed by atoms with Crippen molar-refractivity contribution in [2.45, 2.75) is 71.8 Å². The van der Waals surface area contributed by atoms with Crippen molar-refractivity contribution in [3.63, 3.8) is 0 Å². The lowest BCUT2D eigenvalue weighted by atomic mass is 9.45. The van der Waals surface area contributed by atoms with Crippen LogP contribution < -0.4 is 0 Å². The minimum atomic E-state index is -0.787. The predicted molar refractivity (Wildman–Crippen MR) is 97.3 cm³/mol. The number of hydrogen-bond acceptors (Lipinski definition) is 5. The quantitative estimate of drug-likeness (QED) is 0.462. The van der Waals surface area contributed by atoms with Crippen LogP contribution in [0.4, 0.5) is 0 Å². The van der Waals surface area contributed by atoms with E-state index in [1.807, 2.05) is 26.8 Å². The molecule has 1 N–H and O–H groups in total. The van der Waals surface area contributed by atoms with Crippen LogP contribution in [0.5, 0.6) is 0 Å². The standard InChI is InChI=1S/C21H32O5/c1-13(2)21(26-24)10-7-15-14(12-21)16(22)11-17-19(15,3)8-6-9-20(17,4)18(23)25-5/h12-13,15,17,24H,6-11H2,1-5H3/t15-,17+,19+,20+,21+/m0/s1. The van der Waals surface area contributed by atoms with Gasteiger partial charge in [0.2, 0.25) is 0 Å². The Kier molecular flexibility index (Phi) is 4.85. The van der Waals surface area contributed by atoms with Crippen molar-refractivity contribution in [2.24, 2.45) is 28.6 Å². The number of methoxy groups -OCH3 is 1. The van der Waals surface area contributed by atoms with Crippen LogP contribution in [-0.2, 0) is 19.2 Å². The minimum Gasteiger partial charge on any atom is -0.469 e. The van der Waals surface area contributed by atoms with Crippen molar-refractivity contribution < 1.29 is 24.5 Å². The molecule has 3 rings (SSSR count). The highest BCUT2D eigenvalue weighted by Gasteiger charge is 2.61. The molecule has 0 heterocycles. The molecular weight excluding hydrogens is 332 g/mol. The highest BCUT2D eigenvalue weighted by molar-refractivity contribution is 5.98. The van der Waals surface area contributed by atoms with Crippen molar-refractivity contribution in [3.05, 3.63) is 11.6 Å². The number of allylic oxidation sites excluding steroid dienone is 1. The summed E-state index contributed by atoms with van der Waals surface area (Å²) >= 11 is 0. The Labute approximate surface area is 156 Å². The molecule has 3 aliphatic carbocycles. The molecule has 3 aliphatic rings. The van der Waals surface area contributed by atoms with Gasteiger partial charge in [-0.05, 0) is 67.4 Å². The zero-order chi connectivity index (χ0) is 19.3. The van der Waals surface area contributed by atoms with Crippen molar-refractivity contribution in [2.75, 3.05) is 7.11 Å². The van der Waals surface area contributed by atoms with E-state index in [2.05, 4.69) is 6.92 Å². The first-order valence-electron chi connectivity index (χ1n) is 9.81. The Morgan fingerprint density at radius 2 is 1.96 bits per heavy atom. The third-order valence-corrected chi connectivity index (χ3v) is 7.88. The Bertz CT molecular complexity index is 638. The monoisotopic (exact) mass is 364 g/mol. The van der Waals surface area contributed by atoms with Crippen molar-refractivity contribution in [1.82, 2.24) is 0 Å². The van der Waals surface area contributed by atoms with Crippen LogP contribution in [0, 0.1) is 28.6 Å². The smallest absolute Gasteiger partial charge is 0.311 e. The SMILES string of the molecule is COC(=O)[C@]1(C)CCC[C@@]2(C)[C@H]1CC(=O)C1=C[C@@](OO)(C(C)C)CC[C@@H]12. The largest absolute Gasteiger partial charge is 0.469 e. The van der Waals surface area contributed by atoms with Gasteiger partial charge in [0.05, 0.1) is 12.5 Å². The van der Waals surface area contributed by atoms with E-state index in [4.69, 9.17) is 9.62 Å². The zero-order valence-electron chi connectivity index (χ0n) is 16.6. The van der Waals surface area contributed by atoms with Crippen molar-refractivity contribution in [3.8, 4) is 0 Å². The molecule has 0 aromatic heterocycles. The molecule has 5 atom stereocenters. The molecule has 0 aromatic carbocycles. The molecule has 5 heteroatoms. The second-order valence-electron chi connectivity index (χ2n) is 9.34. The molecule has 0 amide bonds. The molecular formula is C21H32O5. The molecule has 0 unspecified atom stereocenters. The van der Waals surface area contributed by atoms with Crippen LogP contribution in [0.15, 0.2) is 11.6 Å². The average Bonchev–Trinajstić information content (AvgIpc) is 2.62. The summed E-state index contributed by atoms with van der Waals surface area (Å²) in [6.07, 6.45) is 6.47. The van der Waals surface area contributed by atoms with Crippen LogP contribution in [0.2, 0.25) is 0 Å². The molecule has 0 aromatic rings. The summed E-state index contributed by atoms with van der Waals surface area (Å²) in [6.45, 7) is 8.22. The molecule has 2 saturated carbocycles. The zero-order valence-corrected chi connectivity index (χ0v) is 16.6. The second-order valence-corrected chi connectivity index (χ2v) is 9.34. The van der Waals surface area contributed by atoms with E-state index in [1.54, 1.807) is 0 Å². The molecule has 0 saturated heterocycles. The van der Waals surface area contributed by atoms with Crippen molar-refractivity contribution in [1.29, 1.82) is 0 Å². The number of ether oxygens (including phenoxy) is 1. The number of fused-ring (bicyclic) bond motifs is 3. The van der Waals surface area contributed by atoms with Crippen LogP contribution in [0.1, 0.15) is 66.2 Å². The lowest BCUT2D eigenvalue weighted by Crippen LogP contribution is -2.57. The van der Waals surface area contributed by atoms with Crippen LogP contribution in [0.25, 0.3) is 0 Å². The first kappa shape index (κ1) is 19.6. The van der Waals surface area contributed by atoms with E-state index in [9.17, 15) is 14.8 Å². The molecule has 5 nitrogen and oxygen atoms in total. The fourth-order valence-electron chi connectivity index (χ4n) is 6.12. The maximum atomic E-state index is 13.1. The van der Waals surface area contributed by atoms with Gasteiger partial charge in [-0.2, -0.15) is 0 Å². The Balaban J connectivity index is 2.05. The normalized spacial score (nSPS) is 42.7. The first-order chi connectivity index (χ1) is 12.1. The van der Waals surface area contributed by atoms with Gasteiger partial charge in [0, 0.05) is 6.42 Å². The number of carbonyl (C=O) groups is 2. The van der Waals surface area contributed by atoms with Gasteiger partial charge in [-0.15, -0.1) is 0 Å². The summed E-state index contributed by atoms with van der Waals surface area (Å²) in [6, 6.07) is 0. The Hall–Kier alpha value is -1.20. The number of rotatable bonds is 3. The summed E-state index contributed by atoms with van der Waals surface area (Å²) in [5.74, 6) is 0.0782. The van der Waals surface area contributed by atoms with E-state index in [0.717, 1.165) is 31.3 Å². The molecule has 0 radical (unpaired) electrons. The van der Waals surface area contributed by atoms with E-state index in [-0.39, 0.29) is 34.9 Å². The summed E-state index contributed by atoms with van der Waals surface area (Å²) in [4.78, 5) is 30.6. The van der Waals surface area contributed by atoms with E-state index < -0.39 is 11.0 Å². The molecule has 0 spiro atoms. The second kappa shape index (κ2) is 6.45. The van der Waals surface area contributed by atoms with Gasteiger partial charge in [-0.1, -0.05) is 27.2 Å². The highest BCUT2D eigenvalue weighted by atomic mass is 17.1. The summed E-state index contributed by atoms with van der Waals surface area (Å²) in [5, 5.41) is 9.56. The fourth-order valence-corrected chi connectivity index (χ4v) is 6.12. The topological polar surface area (TPSA) is 72.8 Å². The lowest BCUT2D eigenvalue weighted by molar-refractivity contribution is -0.323. The fraction of sp³-hybridized carbons (Fsp3) is 0.810. The van der Waals surface area contributed by atoms with E-state index >= 15 is 0 Å². The lowest BCUT2D eigenvalue weighted by Gasteiger charge is -2.58.